The van der Waals surface area contributed by atoms with Gasteiger partial charge in [0.1, 0.15) is 5.75 Å². The summed E-state index contributed by atoms with van der Waals surface area (Å²) in [5.41, 5.74) is 0.610. The number of piperidine rings is 2. The minimum absolute atomic E-state index is 0.0135. The molecule has 3 rings (SSSR count). The number of hydrogen-bond donors (Lipinski definition) is 1. The molecule has 0 spiro atoms. The number of anilines is 1. The first kappa shape index (κ1) is 23.7. The van der Waals surface area contributed by atoms with E-state index in [1.165, 1.54) is 0 Å². The van der Waals surface area contributed by atoms with E-state index in [9.17, 15) is 9.59 Å². The van der Waals surface area contributed by atoms with Crippen LogP contribution in [0, 0.1) is 5.92 Å². The van der Waals surface area contributed by atoms with E-state index >= 15 is 0 Å². The number of hydrogen-bond acceptors (Lipinski definition) is 5. The molecular formula is C23H34ClN3O4. The van der Waals surface area contributed by atoms with Crippen LogP contribution in [0.1, 0.15) is 45.4 Å². The van der Waals surface area contributed by atoms with Crippen molar-refractivity contribution in [1.82, 2.24) is 9.80 Å². The lowest BCUT2D eigenvalue weighted by Crippen LogP contribution is -2.49. The van der Waals surface area contributed by atoms with E-state index in [2.05, 4.69) is 10.2 Å². The zero-order valence-electron chi connectivity index (χ0n) is 18.6. The number of ether oxygens (including phenoxy) is 2. The lowest BCUT2D eigenvalue weighted by atomic mass is 9.90. The lowest BCUT2D eigenvalue weighted by molar-refractivity contribution is -0.116. The fourth-order valence-electron chi connectivity index (χ4n) is 4.62. The number of likely N-dealkylation sites (tertiary alicyclic amines) is 2. The molecule has 2 aliphatic rings. The van der Waals surface area contributed by atoms with Crippen molar-refractivity contribution in [2.24, 2.45) is 5.92 Å². The molecule has 0 aliphatic carbocycles. The molecule has 2 amide bonds. The van der Waals surface area contributed by atoms with Gasteiger partial charge in [-0.1, -0.05) is 11.6 Å². The third kappa shape index (κ3) is 6.74. The van der Waals surface area contributed by atoms with E-state index in [-0.39, 0.29) is 12.0 Å². The highest BCUT2D eigenvalue weighted by molar-refractivity contribution is 6.31. The van der Waals surface area contributed by atoms with Crippen molar-refractivity contribution in [2.75, 3.05) is 45.2 Å². The number of amides is 2. The molecule has 0 radical (unpaired) electrons. The summed E-state index contributed by atoms with van der Waals surface area (Å²) in [6.45, 7) is 5.90. The molecule has 1 N–H and O–H groups in total. The number of carbonyl (C=O) groups excluding carboxylic acids is 2. The maximum atomic E-state index is 12.5. The van der Waals surface area contributed by atoms with Crippen LogP contribution in [0.3, 0.4) is 0 Å². The summed E-state index contributed by atoms with van der Waals surface area (Å²) in [6.07, 6.45) is 5.45. The van der Waals surface area contributed by atoms with Crippen molar-refractivity contribution in [2.45, 2.75) is 51.5 Å². The van der Waals surface area contributed by atoms with Gasteiger partial charge < -0.3 is 19.7 Å². The Hall–Kier alpha value is -1.99. The fourth-order valence-corrected chi connectivity index (χ4v) is 4.79. The van der Waals surface area contributed by atoms with Crippen LogP contribution in [0.5, 0.6) is 5.75 Å². The van der Waals surface area contributed by atoms with Gasteiger partial charge in [-0.15, -0.1) is 0 Å². The van der Waals surface area contributed by atoms with Crippen LogP contribution in [0.4, 0.5) is 10.5 Å². The highest BCUT2D eigenvalue weighted by atomic mass is 35.5. The number of methoxy groups -OCH3 is 1. The van der Waals surface area contributed by atoms with Gasteiger partial charge in [0, 0.05) is 37.1 Å². The average Bonchev–Trinajstić information content (AvgIpc) is 2.78. The van der Waals surface area contributed by atoms with Crippen molar-refractivity contribution < 1.29 is 19.1 Å². The van der Waals surface area contributed by atoms with Crippen molar-refractivity contribution >= 4 is 29.3 Å². The smallest absolute Gasteiger partial charge is 0.409 e. The van der Waals surface area contributed by atoms with Gasteiger partial charge >= 0.3 is 6.09 Å². The molecule has 8 heteroatoms. The minimum atomic E-state index is -0.195. The second-order valence-electron chi connectivity index (χ2n) is 8.35. The molecule has 172 valence electrons. The number of halogens is 1. The second kappa shape index (κ2) is 11.6. The summed E-state index contributed by atoms with van der Waals surface area (Å²) in [7, 11) is 1.58. The van der Waals surface area contributed by atoms with E-state index in [0.717, 1.165) is 58.3 Å². The molecule has 2 heterocycles. The molecule has 0 unspecified atom stereocenters. The van der Waals surface area contributed by atoms with Crippen LogP contribution in [0.2, 0.25) is 5.02 Å². The fraction of sp³-hybridized carbons (Fsp3) is 0.652. The Morgan fingerprint density at radius 3 is 2.68 bits per heavy atom. The Morgan fingerprint density at radius 1 is 1.19 bits per heavy atom. The van der Waals surface area contributed by atoms with Gasteiger partial charge in [0.15, 0.2) is 0 Å². The van der Waals surface area contributed by atoms with Gasteiger partial charge in [-0.2, -0.15) is 0 Å². The predicted octanol–water partition coefficient (Wildman–Crippen LogP) is 4.40. The predicted molar refractivity (Wildman–Crippen MR) is 122 cm³/mol. The third-order valence-electron chi connectivity index (χ3n) is 6.27. The summed E-state index contributed by atoms with van der Waals surface area (Å²) in [4.78, 5) is 28.8. The van der Waals surface area contributed by atoms with Crippen molar-refractivity contribution in [1.29, 1.82) is 0 Å². The number of rotatable bonds is 7. The van der Waals surface area contributed by atoms with Crippen LogP contribution in [-0.2, 0) is 9.53 Å². The first-order valence-corrected chi connectivity index (χ1v) is 11.7. The van der Waals surface area contributed by atoms with Crippen molar-refractivity contribution in [3.05, 3.63) is 23.2 Å². The summed E-state index contributed by atoms with van der Waals surface area (Å²) < 4.78 is 10.4. The SMILES string of the molecule is CCOC(=O)N1CCC(N2CCC[C@H](CCC(=O)Nc3cc(Cl)ccc3OC)C2)CC1. The molecule has 1 aromatic rings. The van der Waals surface area contributed by atoms with Crippen LogP contribution >= 0.6 is 11.6 Å². The number of nitrogens with one attached hydrogen (secondary N) is 1. The van der Waals surface area contributed by atoms with E-state index in [1.807, 2.05) is 11.8 Å². The summed E-state index contributed by atoms with van der Waals surface area (Å²) >= 11 is 6.05. The van der Waals surface area contributed by atoms with E-state index in [4.69, 9.17) is 21.1 Å². The van der Waals surface area contributed by atoms with Crippen LogP contribution in [0.25, 0.3) is 0 Å². The van der Waals surface area contributed by atoms with Gasteiger partial charge in [0.05, 0.1) is 19.4 Å². The maximum Gasteiger partial charge on any atom is 0.409 e. The maximum absolute atomic E-state index is 12.5. The molecule has 1 atom stereocenters. The van der Waals surface area contributed by atoms with Crippen molar-refractivity contribution in [3.8, 4) is 5.75 Å². The van der Waals surface area contributed by atoms with Crippen LogP contribution < -0.4 is 10.1 Å². The molecule has 0 bridgehead atoms. The molecule has 31 heavy (non-hydrogen) atoms. The summed E-state index contributed by atoms with van der Waals surface area (Å²) in [6, 6.07) is 5.72. The number of nitrogens with zero attached hydrogens (tertiary/aromatic N) is 2. The highest BCUT2D eigenvalue weighted by Crippen LogP contribution is 2.29. The van der Waals surface area contributed by atoms with Gasteiger partial charge in [-0.05, 0) is 69.7 Å². The second-order valence-corrected chi connectivity index (χ2v) is 8.79. The normalized spacial score (nSPS) is 20.4. The molecule has 7 nitrogen and oxygen atoms in total. The molecule has 2 fully saturated rings. The highest BCUT2D eigenvalue weighted by Gasteiger charge is 2.30. The van der Waals surface area contributed by atoms with E-state index < -0.39 is 0 Å². The largest absolute Gasteiger partial charge is 0.495 e. The van der Waals surface area contributed by atoms with Gasteiger partial charge in [0.2, 0.25) is 5.91 Å². The minimum Gasteiger partial charge on any atom is -0.495 e. The lowest BCUT2D eigenvalue weighted by Gasteiger charge is -2.42. The molecule has 1 aromatic carbocycles. The molecular weight excluding hydrogens is 418 g/mol. The standard InChI is InChI=1S/C23H34ClN3O4/c1-3-31-23(29)26-13-10-19(11-14-26)27-12-4-5-17(16-27)6-9-22(28)25-20-15-18(24)7-8-21(20)30-2/h7-8,15,17,19H,3-6,9-14,16H2,1-2H3,(H,25,28)/t17-/m1/s1. The summed E-state index contributed by atoms with van der Waals surface area (Å²) in [5.74, 6) is 1.11. The van der Waals surface area contributed by atoms with E-state index in [1.54, 1.807) is 25.3 Å². The molecule has 2 saturated heterocycles. The third-order valence-corrected chi connectivity index (χ3v) is 6.51. The van der Waals surface area contributed by atoms with Gasteiger partial charge in [-0.3, -0.25) is 9.69 Å². The Balaban J connectivity index is 1.43. The first-order chi connectivity index (χ1) is 15.0. The van der Waals surface area contributed by atoms with Crippen LogP contribution in [0.15, 0.2) is 18.2 Å². The number of benzene rings is 1. The zero-order valence-corrected chi connectivity index (χ0v) is 19.3. The zero-order chi connectivity index (χ0) is 22.2. The monoisotopic (exact) mass is 451 g/mol. The Labute approximate surface area is 190 Å². The average molecular weight is 452 g/mol. The molecule has 0 saturated carbocycles. The molecule has 2 aliphatic heterocycles. The first-order valence-electron chi connectivity index (χ1n) is 11.3. The number of carbonyl (C=O) groups is 2. The Kier molecular flexibility index (Phi) is 8.84. The molecule has 0 aromatic heterocycles. The van der Waals surface area contributed by atoms with Gasteiger partial charge in [-0.25, -0.2) is 4.79 Å². The van der Waals surface area contributed by atoms with E-state index in [0.29, 0.717) is 41.4 Å². The Morgan fingerprint density at radius 2 is 1.97 bits per heavy atom. The Bertz CT molecular complexity index is 752. The topological polar surface area (TPSA) is 71.1 Å². The van der Waals surface area contributed by atoms with Crippen molar-refractivity contribution in [3.63, 3.8) is 0 Å². The van der Waals surface area contributed by atoms with Gasteiger partial charge in [0.25, 0.3) is 0 Å². The van der Waals surface area contributed by atoms with Crippen LogP contribution in [-0.4, -0.2) is 67.7 Å². The summed E-state index contributed by atoms with van der Waals surface area (Å²) in [5, 5.41) is 3.49. The quantitative estimate of drug-likeness (QED) is 0.665.